The molecule has 22 heavy (non-hydrogen) atoms. The largest absolute Gasteiger partial charge is 0.478 e. The van der Waals surface area contributed by atoms with Crippen LogP contribution in [0.4, 0.5) is 0 Å². The summed E-state index contributed by atoms with van der Waals surface area (Å²) in [5, 5.41) is 12.0. The van der Waals surface area contributed by atoms with Crippen LogP contribution in [-0.2, 0) is 6.54 Å². The van der Waals surface area contributed by atoms with Gasteiger partial charge in [0.15, 0.2) is 0 Å². The summed E-state index contributed by atoms with van der Waals surface area (Å²) in [6.07, 6.45) is 0. The molecule has 2 rings (SSSR count). The van der Waals surface area contributed by atoms with Gasteiger partial charge in [0.05, 0.1) is 15.6 Å². The Bertz CT molecular complexity index is 724. The predicted molar refractivity (Wildman–Crippen MR) is 86.0 cm³/mol. The first kappa shape index (κ1) is 16.6. The van der Waals surface area contributed by atoms with Crippen molar-refractivity contribution in [2.24, 2.45) is 0 Å². The van der Waals surface area contributed by atoms with Crippen molar-refractivity contribution in [2.75, 3.05) is 0 Å². The summed E-state index contributed by atoms with van der Waals surface area (Å²) in [6.45, 7) is 0.273. The maximum Gasteiger partial charge on any atom is 0.338 e. The normalized spacial score (nSPS) is 10.3. The highest BCUT2D eigenvalue weighted by Crippen LogP contribution is 2.26. The average molecular weight is 359 g/mol. The minimum Gasteiger partial charge on any atom is -0.478 e. The van der Waals surface area contributed by atoms with E-state index in [0.717, 1.165) is 5.56 Å². The zero-order chi connectivity index (χ0) is 16.3. The number of carbonyl (C=O) groups excluding carboxylic acids is 1. The molecule has 0 saturated carbocycles. The van der Waals surface area contributed by atoms with Crippen LogP contribution in [0.15, 0.2) is 36.4 Å². The highest BCUT2D eigenvalue weighted by atomic mass is 35.5. The van der Waals surface area contributed by atoms with E-state index in [0.29, 0.717) is 5.02 Å². The van der Waals surface area contributed by atoms with E-state index in [2.05, 4.69) is 5.32 Å². The molecule has 0 spiro atoms. The zero-order valence-corrected chi connectivity index (χ0v) is 13.3. The molecule has 0 fully saturated rings. The number of benzene rings is 2. The Morgan fingerprint density at radius 1 is 1.05 bits per heavy atom. The fourth-order valence-electron chi connectivity index (χ4n) is 1.84. The number of hydrogen-bond acceptors (Lipinski definition) is 2. The molecule has 0 unspecified atom stereocenters. The number of carboxylic acids is 1. The van der Waals surface area contributed by atoms with Gasteiger partial charge in [0.25, 0.3) is 5.91 Å². The fraction of sp³-hybridized carbons (Fsp3) is 0.0667. The van der Waals surface area contributed by atoms with Gasteiger partial charge in [0.1, 0.15) is 0 Å². The van der Waals surface area contributed by atoms with Crippen LogP contribution < -0.4 is 5.32 Å². The third kappa shape index (κ3) is 3.91. The van der Waals surface area contributed by atoms with E-state index in [1.807, 2.05) is 6.07 Å². The van der Waals surface area contributed by atoms with Crippen molar-refractivity contribution in [1.29, 1.82) is 0 Å². The minimum atomic E-state index is -1.25. The molecular weight excluding hydrogens is 349 g/mol. The van der Waals surface area contributed by atoms with E-state index in [-0.39, 0.29) is 27.7 Å². The van der Waals surface area contributed by atoms with Gasteiger partial charge in [-0.05, 0) is 29.8 Å². The topological polar surface area (TPSA) is 66.4 Å². The summed E-state index contributed by atoms with van der Waals surface area (Å²) >= 11 is 17.6. The average Bonchev–Trinajstić information content (AvgIpc) is 2.43. The van der Waals surface area contributed by atoms with E-state index in [1.54, 1.807) is 18.2 Å². The van der Waals surface area contributed by atoms with Crippen LogP contribution >= 0.6 is 34.8 Å². The second kappa shape index (κ2) is 7.01. The highest BCUT2D eigenvalue weighted by Gasteiger charge is 2.17. The Hall–Kier alpha value is -1.75. The highest BCUT2D eigenvalue weighted by molar-refractivity contribution is 6.39. The van der Waals surface area contributed by atoms with Crippen LogP contribution in [-0.4, -0.2) is 17.0 Å². The van der Waals surface area contributed by atoms with Crippen molar-refractivity contribution in [2.45, 2.75) is 6.54 Å². The Labute approximate surface area is 141 Å². The maximum atomic E-state index is 12.1. The van der Waals surface area contributed by atoms with Gasteiger partial charge in [-0.25, -0.2) is 4.79 Å². The van der Waals surface area contributed by atoms with Crippen LogP contribution in [0.3, 0.4) is 0 Å². The molecule has 0 radical (unpaired) electrons. The summed E-state index contributed by atoms with van der Waals surface area (Å²) in [6, 6.07) is 9.60. The molecule has 2 N–H and O–H groups in total. The van der Waals surface area contributed by atoms with Crippen LogP contribution in [0.2, 0.25) is 15.1 Å². The molecule has 0 atom stereocenters. The molecule has 0 aliphatic carbocycles. The van der Waals surface area contributed by atoms with E-state index in [4.69, 9.17) is 39.9 Å². The minimum absolute atomic E-state index is 0.0899. The summed E-state index contributed by atoms with van der Waals surface area (Å²) in [7, 11) is 0. The first-order valence-corrected chi connectivity index (χ1v) is 7.27. The van der Waals surface area contributed by atoms with Gasteiger partial charge in [-0.2, -0.15) is 0 Å². The predicted octanol–water partition coefficient (Wildman–Crippen LogP) is 4.28. The van der Waals surface area contributed by atoms with E-state index in [9.17, 15) is 9.59 Å². The molecule has 2 aromatic rings. The van der Waals surface area contributed by atoms with E-state index in [1.165, 1.54) is 12.1 Å². The molecule has 4 nitrogen and oxygen atoms in total. The van der Waals surface area contributed by atoms with Gasteiger partial charge < -0.3 is 10.4 Å². The number of carbonyl (C=O) groups is 2. The molecule has 2 aromatic carbocycles. The van der Waals surface area contributed by atoms with Crippen LogP contribution in [0.1, 0.15) is 26.3 Å². The Balaban J connectivity index is 2.15. The van der Waals surface area contributed by atoms with Crippen LogP contribution in [0, 0.1) is 0 Å². The molecule has 0 bridgehead atoms. The van der Waals surface area contributed by atoms with Crippen molar-refractivity contribution < 1.29 is 14.7 Å². The SMILES string of the molecule is O=C(NCc1cccc(Cl)c1)c1cc(Cl)c(C(=O)O)c(Cl)c1. The standard InChI is InChI=1S/C15H10Cl3NO3/c16-10-3-1-2-8(4-10)7-19-14(20)9-5-11(17)13(15(21)22)12(18)6-9/h1-6H,7H2,(H,19,20)(H,21,22). The van der Waals surface area contributed by atoms with Gasteiger partial charge in [-0.3, -0.25) is 4.79 Å². The lowest BCUT2D eigenvalue weighted by atomic mass is 10.1. The van der Waals surface area contributed by atoms with Gasteiger partial charge in [-0.15, -0.1) is 0 Å². The molecule has 0 saturated heterocycles. The lowest BCUT2D eigenvalue weighted by Gasteiger charge is -2.08. The first-order chi connectivity index (χ1) is 10.4. The molecule has 7 heteroatoms. The Morgan fingerprint density at radius 3 is 2.23 bits per heavy atom. The zero-order valence-electron chi connectivity index (χ0n) is 11.1. The smallest absolute Gasteiger partial charge is 0.338 e. The van der Waals surface area contributed by atoms with Crippen molar-refractivity contribution >= 4 is 46.7 Å². The fourth-order valence-corrected chi connectivity index (χ4v) is 2.70. The van der Waals surface area contributed by atoms with Crippen LogP contribution in [0.5, 0.6) is 0 Å². The van der Waals surface area contributed by atoms with Crippen molar-refractivity contribution in [3.05, 3.63) is 68.2 Å². The number of amides is 1. The van der Waals surface area contributed by atoms with Crippen molar-refractivity contribution in [3.63, 3.8) is 0 Å². The van der Waals surface area contributed by atoms with Crippen molar-refractivity contribution in [3.8, 4) is 0 Å². The molecule has 0 heterocycles. The summed E-state index contributed by atoms with van der Waals surface area (Å²) in [4.78, 5) is 23.1. The molecule has 1 amide bonds. The molecule has 0 aromatic heterocycles. The van der Waals surface area contributed by atoms with Gasteiger partial charge in [-0.1, -0.05) is 46.9 Å². The monoisotopic (exact) mass is 357 g/mol. The molecule has 0 aliphatic rings. The molecule has 114 valence electrons. The maximum absolute atomic E-state index is 12.1. The Kier molecular flexibility index (Phi) is 5.29. The van der Waals surface area contributed by atoms with Gasteiger partial charge in [0, 0.05) is 17.1 Å². The van der Waals surface area contributed by atoms with Gasteiger partial charge >= 0.3 is 5.97 Å². The number of rotatable bonds is 4. The number of aromatic carboxylic acids is 1. The van der Waals surface area contributed by atoms with Crippen LogP contribution in [0.25, 0.3) is 0 Å². The lowest BCUT2D eigenvalue weighted by Crippen LogP contribution is -2.23. The number of hydrogen-bond donors (Lipinski definition) is 2. The first-order valence-electron chi connectivity index (χ1n) is 6.13. The molecule has 0 aliphatic heterocycles. The second-order valence-corrected chi connectivity index (χ2v) is 5.68. The number of nitrogens with one attached hydrogen (secondary N) is 1. The summed E-state index contributed by atoms with van der Waals surface area (Å²) in [5.41, 5.74) is 0.789. The summed E-state index contributed by atoms with van der Waals surface area (Å²) in [5.74, 6) is -1.67. The van der Waals surface area contributed by atoms with Gasteiger partial charge in [0.2, 0.25) is 0 Å². The molecular formula is C15H10Cl3NO3. The third-order valence-corrected chi connectivity index (χ3v) is 3.69. The Morgan fingerprint density at radius 2 is 1.68 bits per heavy atom. The lowest BCUT2D eigenvalue weighted by molar-refractivity contribution is 0.0696. The van der Waals surface area contributed by atoms with Crippen molar-refractivity contribution in [1.82, 2.24) is 5.32 Å². The quantitative estimate of drug-likeness (QED) is 0.857. The number of halogens is 3. The number of carboxylic acid groups (broad SMARTS) is 1. The second-order valence-electron chi connectivity index (χ2n) is 4.43. The third-order valence-electron chi connectivity index (χ3n) is 2.86. The van der Waals surface area contributed by atoms with E-state index < -0.39 is 11.9 Å². The van der Waals surface area contributed by atoms with E-state index >= 15 is 0 Å². The summed E-state index contributed by atoms with van der Waals surface area (Å²) < 4.78 is 0.